The Morgan fingerprint density at radius 1 is 0.800 bits per heavy atom. The SMILES string of the molecule is c1ccc(N2CCN(c3ncnc4c3[nH]c3ccccc34)CC2)nc1. The molecule has 0 spiro atoms. The van der Waals surface area contributed by atoms with Crippen molar-refractivity contribution in [1.82, 2.24) is 19.9 Å². The molecule has 1 aromatic carbocycles. The average molecular weight is 330 g/mol. The van der Waals surface area contributed by atoms with E-state index in [2.05, 4.69) is 47.9 Å². The third-order valence-corrected chi connectivity index (χ3v) is 4.82. The molecule has 1 aliphatic heterocycles. The van der Waals surface area contributed by atoms with Crippen molar-refractivity contribution in [3.8, 4) is 0 Å². The lowest BCUT2D eigenvalue weighted by atomic mass is 10.2. The number of hydrogen-bond donors (Lipinski definition) is 1. The van der Waals surface area contributed by atoms with Crippen LogP contribution in [0.3, 0.4) is 0 Å². The number of aromatic nitrogens is 4. The van der Waals surface area contributed by atoms with Crippen LogP contribution in [0.25, 0.3) is 21.9 Å². The molecule has 6 heteroatoms. The Balaban J connectivity index is 1.46. The molecular weight excluding hydrogens is 312 g/mol. The quantitative estimate of drug-likeness (QED) is 0.612. The highest BCUT2D eigenvalue weighted by atomic mass is 15.3. The van der Waals surface area contributed by atoms with E-state index in [1.807, 2.05) is 30.5 Å². The van der Waals surface area contributed by atoms with Crippen molar-refractivity contribution in [3.05, 3.63) is 55.0 Å². The molecule has 4 heterocycles. The second-order valence-corrected chi connectivity index (χ2v) is 6.25. The lowest BCUT2D eigenvalue weighted by Crippen LogP contribution is -2.47. The van der Waals surface area contributed by atoms with Crippen molar-refractivity contribution in [2.24, 2.45) is 0 Å². The first-order valence-electron chi connectivity index (χ1n) is 8.52. The van der Waals surface area contributed by atoms with E-state index in [4.69, 9.17) is 0 Å². The molecule has 0 bridgehead atoms. The fourth-order valence-corrected chi connectivity index (χ4v) is 3.56. The summed E-state index contributed by atoms with van der Waals surface area (Å²) < 4.78 is 0. The van der Waals surface area contributed by atoms with Crippen molar-refractivity contribution < 1.29 is 0 Å². The van der Waals surface area contributed by atoms with Gasteiger partial charge in [0.05, 0.1) is 0 Å². The van der Waals surface area contributed by atoms with Crippen LogP contribution in [0.15, 0.2) is 55.0 Å². The summed E-state index contributed by atoms with van der Waals surface area (Å²) in [7, 11) is 0. The predicted molar refractivity (Wildman–Crippen MR) is 100 cm³/mol. The smallest absolute Gasteiger partial charge is 0.156 e. The first-order valence-corrected chi connectivity index (χ1v) is 8.52. The normalized spacial score (nSPS) is 15.2. The number of anilines is 2. The van der Waals surface area contributed by atoms with Crippen LogP contribution in [0.2, 0.25) is 0 Å². The Morgan fingerprint density at radius 2 is 1.60 bits per heavy atom. The van der Waals surface area contributed by atoms with Crippen LogP contribution in [0, 0.1) is 0 Å². The molecule has 1 N–H and O–H groups in total. The number of piperazine rings is 1. The zero-order valence-electron chi connectivity index (χ0n) is 13.8. The molecule has 3 aromatic heterocycles. The van der Waals surface area contributed by atoms with E-state index in [1.165, 1.54) is 0 Å². The van der Waals surface area contributed by atoms with Gasteiger partial charge in [-0.3, -0.25) is 0 Å². The summed E-state index contributed by atoms with van der Waals surface area (Å²) in [6.07, 6.45) is 3.52. The van der Waals surface area contributed by atoms with Gasteiger partial charge in [0.25, 0.3) is 0 Å². The summed E-state index contributed by atoms with van der Waals surface area (Å²) in [5, 5.41) is 1.15. The number of nitrogens with zero attached hydrogens (tertiary/aromatic N) is 5. The van der Waals surface area contributed by atoms with Crippen LogP contribution < -0.4 is 9.80 Å². The number of fused-ring (bicyclic) bond motifs is 3. The highest BCUT2D eigenvalue weighted by molar-refractivity contribution is 6.08. The summed E-state index contributed by atoms with van der Waals surface area (Å²) in [6.45, 7) is 3.70. The highest BCUT2D eigenvalue weighted by Gasteiger charge is 2.21. The number of para-hydroxylation sites is 1. The van der Waals surface area contributed by atoms with Gasteiger partial charge in [-0.15, -0.1) is 0 Å². The maximum Gasteiger partial charge on any atom is 0.156 e. The zero-order valence-corrected chi connectivity index (χ0v) is 13.8. The molecule has 5 rings (SSSR count). The molecular formula is C19H18N6. The second kappa shape index (κ2) is 5.73. The van der Waals surface area contributed by atoms with Crippen LogP contribution in [0.5, 0.6) is 0 Å². The molecule has 0 radical (unpaired) electrons. The van der Waals surface area contributed by atoms with Crippen LogP contribution in [-0.4, -0.2) is 46.1 Å². The first-order chi connectivity index (χ1) is 12.4. The van der Waals surface area contributed by atoms with Gasteiger partial charge in [-0.2, -0.15) is 0 Å². The summed E-state index contributed by atoms with van der Waals surface area (Å²) >= 11 is 0. The van der Waals surface area contributed by atoms with Gasteiger partial charge in [0.15, 0.2) is 5.82 Å². The number of pyridine rings is 1. The van der Waals surface area contributed by atoms with Crippen molar-refractivity contribution >= 4 is 33.6 Å². The minimum absolute atomic E-state index is 0.915. The molecule has 1 saturated heterocycles. The molecule has 124 valence electrons. The van der Waals surface area contributed by atoms with Gasteiger partial charge in [0.1, 0.15) is 23.2 Å². The monoisotopic (exact) mass is 330 g/mol. The summed E-state index contributed by atoms with van der Waals surface area (Å²) in [4.78, 5) is 21.7. The molecule has 6 nitrogen and oxygen atoms in total. The predicted octanol–water partition coefficient (Wildman–Crippen LogP) is 2.83. The van der Waals surface area contributed by atoms with E-state index in [0.717, 1.165) is 59.8 Å². The maximum atomic E-state index is 4.57. The minimum Gasteiger partial charge on any atom is -0.353 e. The number of hydrogen-bond acceptors (Lipinski definition) is 5. The van der Waals surface area contributed by atoms with Crippen LogP contribution in [-0.2, 0) is 0 Å². The molecule has 0 unspecified atom stereocenters. The fourth-order valence-electron chi connectivity index (χ4n) is 3.56. The molecule has 4 aromatic rings. The third kappa shape index (κ3) is 2.38. The van der Waals surface area contributed by atoms with Crippen LogP contribution >= 0.6 is 0 Å². The van der Waals surface area contributed by atoms with Gasteiger partial charge in [0.2, 0.25) is 0 Å². The highest BCUT2D eigenvalue weighted by Crippen LogP contribution is 2.29. The molecule has 0 aliphatic carbocycles. The van der Waals surface area contributed by atoms with Crippen LogP contribution in [0.4, 0.5) is 11.6 Å². The van der Waals surface area contributed by atoms with Gasteiger partial charge >= 0.3 is 0 Å². The second-order valence-electron chi connectivity index (χ2n) is 6.25. The molecule has 0 amide bonds. The van der Waals surface area contributed by atoms with Crippen molar-refractivity contribution in [3.63, 3.8) is 0 Å². The van der Waals surface area contributed by atoms with E-state index in [1.54, 1.807) is 6.33 Å². The topological polar surface area (TPSA) is 60.9 Å². The molecule has 1 fully saturated rings. The number of benzene rings is 1. The first kappa shape index (κ1) is 14.2. The molecule has 1 aliphatic rings. The Bertz CT molecular complexity index is 1020. The van der Waals surface area contributed by atoms with Gasteiger partial charge in [-0.1, -0.05) is 24.3 Å². The summed E-state index contributed by atoms with van der Waals surface area (Å²) in [5.74, 6) is 2.03. The number of aromatic amines is 1. The maximum absolute atomic E-state index is 4.57. The third-order valence-electron chi connectivity index (χ3n) is 4.82. The average Bonchev–Trinajstić information content (AvgIpc) is 3.08. The van der Waals surface area contributed by atoms with E-state index >= 15 is 0 Å². The Hall–Kier alpha value is -3.15. The molecule has 25 heavy (non-hydrogen) atoms. The summed E-state index contributed by atoms with van der Waals surface area (Å²) in [6, 6.07) is 14.3. The van der Waals surface area contributed by atoms with E-state index < -0.39 is 0 Å². The fraction of sp³-hybridized carbons (Fsp3) is 0.211. The lowest BCUT2D eigenvalue weighted by molar-refractivity contribution is 0.643. The summed E-state index contributed by atoms with van der Waals surface area (Å²) in [5.41, 5.74) is 3.12. The van der Waals surface area contributed by atoms with E-state index in [0.29, 0.717) is 0 Å². The van der Waals surface area contributed by atoms with Gasteiger partial charge in [-0.05, 0) is 18.2 Å². The van der Waals surface area contributed by atoms with E-state index in [-0.39, 0.29) is 0 Å². The lowest BCUT2D eigenvalue weighted by Gasteiger charge is -2.36. The van der Waals surface area contributed by atoms with Gasteiger partial charge < -0.3 is 14.8 Å². The van der Waals surface area contributed by atoms with Crippen molar-refractivity contribution in [2.75, 3.05) is 36.0 Å². The molecule has 0 atom stereocenters. The van der Waals surface area contributed by atoms with Crippen molar-refractivity contribution in [1.29, 1.82) is 0 Å². The van der Waals surface area contributed by atoms with Crippen LogP contribution in [0.1, 0.15) is 0 Å². The van der Waals surface area contributed by atoms with Gasteiger partial charge in [-0.25, -0.2) is 15.0 Å². The Labute approximate surface area is 145 Å². The number of H-pyrrole nitrogens is 1. The van der Waals surface area contributed by atoms with Crippen molar-refractivity contribution in [2.45, 2.75) is 0 Å². The largest absolute Gasteiger partial charge is 0.353 e. The Morgan fingerprint density at radius 3 is 2.44 bits per heavy atom. The standard InChI is InChI=1S/C19H18N6/c1-2-6-15-14(5-1)17-18(23-15)19(22-13-21-17)25-11-9-24(10-12-25)16-7-3-4-8-20-16/h1-8,13,23H,9-12H2. The number of rotatable bonds is 2. The zero-order chi connectivity index (χ0) is 16.6. The minimum atomic E-state index is 0.915. The number of nitrogens with one attached hydrogen (secondary N) is 1. The van der Waals surface area contributed by atoms with Gasteiger partial charge in [0, 0.05) is 43.3 Å². The molecule has 0 saturated carbocycles. The Kier molecular flexibility index (Phi) is 3.26. The van der Waals surface area contributed by atoms with E-state index in [9.17, 15) is 0 Å².